The van der Waals surface area contributed by atoms with Gasteiger partial charge in [-0.1, -0.05) is 209 Å². The maximum absolute atomic E-state index is 5.85. The van der Waals surface area contributed by atoms with Crippen LogP contribution >= 0.6 is 77.2 Å². The summed E-state index contributed by atoms with van der Waals surface area (Å²) in [5.74, 6) is 0.881. The Balaban J connectivity index is 0.000000182. The van der Waals surface area contributed by atoms with Crippen molar-refractivity contribution in [2.75, 3.05) is 6.61 Å². The number of nitrogens with zero attached hydrogens (tertiary/aromatic N) is 4. The Bertz CT molecular complexity index is 5720. The molecule has 0 atom stereocenters. The number of rotatable bonds is 45. The Kier molecular flexibility index (Phi) is 39.1. The molecule has 6 aromatic heterocycles. The second-order valence-electron chi connectivity index (χ2n) is 38.0. The van der Waals surface area contributed by atoms with E-state index in [0.29, 0.717) is 0 Å². The molecule has 0 aliphatic rings. The molecule has 0 saturated carbocycles. The maximum atomic E-state index is 5.85. The minimum Gasteiger partial charge on any atom is -0.494 e. The van der Waals surface area contributed by atoms with Gasteiger partial charge in [-0.05, 0) is 198 Å². The second kappa shape index (κ2) is 49.4. The molecule has 5 nitrogen and oxygen atoms in total. The Morgan fingerprint density at radius 3 is 1.03 bits per heavy atom. The van der Waals surface area contributed by atoms with Crippen molar-refractivity contribution in [3.8, 4) is 61.2 Å². The van der Waals surface area contributed by atoms with Crippen LogP contribution in [-0.4, -0.2) is 63.3 Å². The first-order valence-electron chi connectivity index (χ1n) is 49.0. The molecule has 14 rings (SSSR count). The molecule has 13 heteroatoms. The standard InChI is InChI=1S/C53H64N2S2.C28H28Br2N2O.C26H36S2.6CH3.2Sn/c1-7-10-13-15-17-19-22-42-43(23-20-18-16-14-11-8-2)46-35-47(57-53(46)52-45(42)34-38(6)56-52)44-33-26-37(5)48-51(44)55-50(41-31-27-39(28-32-41)21-12-9-3)49(54-48)40-29-24-36(4)25-30-40;1-3-5-7-19-8-10-20(11-9-19)25-26(21-12-14-22(15-13-21)33-18-6-4-2)32-28-24(30)17-16-23(29)27(28)31-25;1-3-5-7-9-11-13-15-21-22(16-14-12-10-8-6-4-2)24-18-20-28-26(24)25-23(21)17-19-27-25;;;;;;;;/h24-35H,7-23H2,1-6H3;8-17H,3-7,18H2,1-2H3;17-18H,3-16H2,1-2H3;6*1H3;;. The van der Waals surface area contributed by atoms with Crippen molar-refractivity contribution in [3.05, 3.63) is 204 Å². The molecule has 0 unspecified atom stereocenters. The van der Waals surface area contributed by atoms with Crippen LogP contribution in [0.5, 0.6) is 5.75 Å². The van der Waals surface area contributed by atoms with Gasteiger partial charge in [0.15, 0.2) is 0 Å². The molecular weight excluding hydrogens is 1950 g/mol. The fourth-order valence-corrected chi connectivity index (χ4v) is 33.9. The monoisotopic (exact) mass is 2100 g/mol. The number of ether oxygens (including phenoxy) is 1. The summed E-state index contributed by atoms with van der Waals surface area (Å²) in [5.41, 5.74) is 24.8. The van der Waals surface area contributed by atoms with Crippen molar-refractivity contribution in [1.29, 1.82) is 0 Å². The smallest absolute Gasteiger partial charge is 0.119 e. The van der Waals surface area contributed by atoms with E-state index in [1.165, 1.54) is 263 Å². The molecule has 0 spiro atoms. The first-order valence-corrected chi connectivity index (χ1v) is 73.9. The van der Waals surface area contributed by atoms with Crippen LogP contribution in [0.4, 0.5) is 0 Å². The van der Waals surface area contributed by atoms with E-state index in [1.807, 2.05) is 46.9 Å². The number of unbranched alkanes of at least 4 members (excludes halogenated alkanes) is 23. The van der Waals surface area contributed by atoms with Gasteiger partial charge in [-0.2, -0.15) is 0 Å². The molecule has 0 N–H and O–H groups in total. The Morgan fingerprint density at radius 1 is 0.302 bits per heavy atom. The van der Waals surface area contributed by atoms with E-state index in [4.69, 9.17) is 24.7 Å². The van der Waals surface area contributed by atoms with Crippen LogP contribution in [-0.2, 0) is 38.5 Å². The van der Waals surface area contributed by atoms with Gasteiger partial charge < -0.3 is 4.74 Å². The topological polar surface area (TPSA) is 60.8 Å². The minimum absolute atomic E-state index is 0.738. The van der Waals surface area contributed by atoms with Crippen molar-refractivity contribution in [1.82, 2.24) is 19.9 Å². The Labute approximate surface area is 800 Å². The fraction of sp³-hybridized carbons (Fsp3) is 0.469. The number of fused-ring (bicyclic) bond motifs is 8. The molecule has 0 aliphatic heterocycles. The average molecular weight is 2100 g/mol. The van der Waals surface area contributed by atoms with Crippen LogP contribution in [0.25, 0.3) is 118 Å². The number of hydrogen-bond donors (Lipinski definition) is 0. The summed E-state index contributed by atoms with van der Waals surface area (Å²) < 4.78 is 17.5. The maximum Gasteiger partial charge on any atom is 0.119 e. The van der Waals surface area contributed by atoms with E-state index in [-0.39, 0.29) is 0 Å². The van der Waals surface area contributed by atoms with Crippen LogP contribution in [0, 0.1) is 20.8 Å². The molecule has 6 heterocycles. The number of thiophene rings is 4. The third-order valence-corrected chi connectivity index (χ3v) is 50.4. The average Bonchev–Trinajstić information content (AvgIpc) is 1.55. The predicted octanol–water partition coefficient (Wildman–Crippen LogP) is 37.2. The molecule has 0 saturated heterocycles. The number of halogens is 2. The molecule has 126 heavy (non-hydrogen) atoms. The summed E-state index contributed by atoms with van der Waals surface area (Å²) in [6.07, 6.45) is 46.8. The zero-order valence-corrected chi connectivity index (χ0v) is 91.8. The van der Waals surface area contributed by atoms with Crippen molar-refractivity contribution >= 4 is 182 Å². The molecule has 0 amide bonds. The molecular formula is C113H146Br2N4OS4Sn2. The van der Waals surface area contributed by atoms with E-state index in [1.54, 1.807) is 48.2 Å². The van der Waals surface area contributed by atoms with Crippen LogP contribution in [0.3, 0.4) is 0 Å². The van der Waals surface area contributed by atoms with Gasteiger partial charge in [0.25, 0.3) is 0 Å². The first kappa shape index (κ1) is 99.6. The van der Waals surface area contributed by atoms with Crippen LogP contribution in [0.15, 0.2) is 155 Å². The van der Waals surface area contributed by atoms with Gasteiger partial charge in [0.2, 0.25) is 0 Å². The fourth-order valence-electron chi connectivity index (χ4n) is 17.8. The van der Waals surface area contributed by atoms with E-state index in [0.717, 1.165) is 114 Å². The first-order chi connectivity index (χ1) is 61.1. The quantitative estimate of drug-likeness (QED) is 0.0281. The van der Waals surface area contributed by atoms with Crippen molar-refractivity contribution < 1.29 is 4.74 Å². The third-order valence-electron chi connectivity index (χ3n) is 25.4. The van der Waals surface area contributed by atoms with Gasteiger partial charge in [0.1, 0.15) is 16.8 Å². The third kappa shape index (κ3) is 26.3. The summed E-state index contributed by atoms with van der Waals surface area (Å²) in [4.78, 5) is 39.7. The zero-order valence-electron chi connectivity index (χ0n) is 79.6. The number of aromatic nitrogens is 4. The van der Waals surface area contributed by atoms with Gasteiger partial charge >= 0.3 is 242 Å². The van der Waals surface area contributed by atoms with E-state index >= 15 is 0 Å². The van der Waals surface area contributed by atoms with E-state index < -0.39 is 36.8 Å². The Morgan fingerprint density at radius 2 is 0.635 bits per heavy atom. The SMILES string of the molecule is CCCCCCCCc1c(CCCCCCCC)c2c[c]([Sn]([CH3])([CH3])[CH3])sc2c2s[c]([Sn]([CH3])([CH3])[CH3])cc12.CCCCCCCCc1c(CCCCCCCC)c2cc(-c3ccc(C)c4nc(-c5ccc(C)cc5)c(-c5ccc(CCCC)cc5)nc34)sc2c2sc(C)cc12.CCCCOc1ccc(-c2nc3c(Br)ccc(Br)c3nc2-c2ccc(CCCC)cc2)cc1. The molecule has 0 fully saturated rings. The number of aryl methyl sites for hydroxylation is 9. The molecule has 8 aromatic carbocycles. The largest absolute Gasteiger partial charge is 0.494 e. The molecule has 0 aliphatic carbocycles. The van der Waals surface area contributed by atoms with Crippen molar-refractivity contribution in [2.45, 2.75) is 330 Å². The van der Waals surface area contributed by atoms with E-state index in [9.17, 15) is 0 Å². The van der Waals surface area contributed by atoms with E-state index in [2.05, 4.69) is 275 Å². The van der Waals surface area contributed by atoms with Crippen LogP contribution in [0.2, 0.25) is 29.6 Å². The normalized spacial score (nSPS) is 12.0. The van der Waals surface area contributed by atoms with Crippen LogP contribution < -0.4 is 10.5 Å². The summed E-state index contributed by atoms with van der Waals surface area (Å²) in [5, 5.41) is 6.34. The number of benzene rings is 8. The van der Waals surface area contributed by atoms with Crippen molar-refractivity contribution in [2.24, 2.45) is 0 Å². The van der Waals surface area contributed by atoms with Crippen LogP contribution in [0.1, 0.15) is 290 Å². The minimum atomic E-state index is -2.13. The molecule has 0 bridgehead atoms. The summed E-state index contributed by atoms with van der Waals surface area (Å²) in [6, 6.07) is 53.9. The second-order valence-corrected chi connectivity index (χ2v) is 75.0. The van der Waals surface area contributed by atoms with Gasteiger partial charge in [-0.15, -0.1) is 22.7 Å². The van der Waals surface area contributed by atoms with Gasteiger partial charge in [-0.3, -0.25) is 0 Å². The molecule has 14 aromatic rings. The molecule has 670 valence electrons. The zero-order chi connectivity index (χ0) is 89.3. The Hall–Kier alpha value is -5.36. The summed E-state index contributed by atoms with van der Waals surface area (Å²) in [7, 11) is 0. The van der Waals surface area contributed by atoms with Gasteiger partial charge in [-0.25, -0.2) is 19.9 Å². The number of hydrogen-bond acceptors (Lipinski definition) is 9. The van der Waals surface area contributed by atoms with Gasteiger partial charge in [0.05, 0.1) is 49.8 Å². The predicted molar refractivity (Wildman–Crippen MR) is 576 cm³/mol. The molecule has 0 radical (unpaired) electrons. The van der Waals surface area contributed by atoms with Gasteiger partial charge in [0, 0.05) is 46.5 Å². The van der Waals surface area contributed by atoms with Crippen molar-refractivity contribution in [3.63, 3.8) is 0 Å². The summed E-state index contributed by atoms with van der Waals surface area (Å²) >= 11 is 11.4. The summed E-state index contributed by atoms with van der Waals surface area (Å²) in [6.45, 7) is 23.3.